The molecule has 1 heterocycles. The molecule has 1 saturated heterocycles. The molecule has 3 fully saturated rings. The maximum atomic E-state index is 14.3. The minimum Gasteiger partial charge on any atom is -0.461 e. The number of esters is 4. The number of carbonyl (C=O) groups is 5. The lowest BCUT2D eigenvalue weighted by atomic mass is 9.80. The zero-order valence-corrected chi connectivity index (χ0v) is 25.6. The summed E-state index contributed by atoms with van der Waals surface area (Å²) in [5.41, 5.74) is -2.33. The highest BCUT2D eigenvalue weighted by Gasteiger charge is 2.84. The SMILES string of the molecule is C/C=C(/C)C(=O)O[C@@H]1/C(C)=C/[C@@]23O[C@@]2(C[C@H](C)[C@@H]3OC(C)=O)C(=O)[C@H](C)[C@H](OC(C)=O)[C@@H]2[C@H](C1OC(C)=O)C2(C)C. The lowest BCUT2D eigenvalue weighted by Gasteiger charge is -2.30. The summed E-state index contributed by atoms with van der Waals surface area (Å²) >= 11 is 0. The van der Waals surface area contributed by atoms with E-state index in [4.69, 9.17) is 23.7 Å². The third-order valence-electron chi connectivity index (χ3n) is 9.57. The van der Waals surface area contributed by atoms with Crippen LogP contribution < -0.4 is 0 Å². The van der Waals surface area contributed by atoms with Crippen molar-refractivity contribution >= 4 is 29.7 Å². The van der Waals surface area contributed by atoms with Gasteiger partial charge in [-0.15, -0.1) is 0 Å². The third-order valence-corrected chi connectivity index (χ3v) is 9.57. The molecule has 41 heavy (non-hydrogen) atoms. The van der Waals surface area contributed by atoms with Crippen LogP contribution in [0.15, 0.2) is 23.3 Å². The summed E-state index contributed by atoms with van der Waals surface area (Å²) in [6.45, 7) is 16.5. The Labute approximate surface area is 241 Å². The fourth-order valence-corrected chi connectivity index (χ4v) is 7.54. The van der Waals surface area contributed by atoms with Gasteiger partial charge < -0.3 is 23.7 Å². The molecular formula is C31H42O10. The number of allylic oxidation sites excluding steroid dienone is 1. The van der Waals surface area contributed by atoms with Crippen molar-refractivity contribution < 1.29 is 47.7 Å². The van der Waals surface area contributed by atoms with Crippen LogP contribution in [-0.2, 0) is 47.7 Å². The molecule has 0 aromatic heterocycles. The van der Waals surface area contributed by atoms with Gasteiger partial charge in [0.2, 0.25) is 0 Å². The Kier molecular flexibility index (Phi) is 7.82. The molecule has 3 aliphatic carbocycles. The highest BCUT2D eigenvalue weighted by Crippen LogP contribution is 2.68. The van der Waals surface area contributed by atoms with E-state index in [1.165, 1.54) is 20.8 Å². The predicted molar refractivity (Wildman–Crippen MR) is 145 cm³/mol. The van der Waals surface area contributed by atoms with Crippen molar-refractivity contribution in [2.75, 3.05) is 0 Å². The summed E-state index contributed by atoms with van der Waals surface area (Å²) in [6, 6.07) is 0. The van der Waals surface area contributed by atoms with Crippen LogP contribution in [0.3, 0.4) is 0 Å². The Morgan fingerprint density at radius 3 is 1.98 bits per heavy atom. The van der Waals surface area contributed by atoms with Crippen LogP contribution in [0, 0.1) is 29.1 Å². The molecule has 0 aromatic carbocycles. The standard InChI is InChI=1S/C31H42O10/c1-11-14(2)28(36)40-23-15(3)12-31-27(39-20(8)34)16(4)13-30(31,41-31)26(35)17(5)24(37-18(6)32)21-22(29(21,9)10)25(23)38-19(7)33/h11-12,16-17,21-25,27H,13H2,1-10H3/b14-11-,15-12+/t16-,17+,21-,22+,23+,24-,25?,27-,30-,31-/m0/s1. The van der Waals surface area contributed by atoms with Crippen LogP contribution in [0.4, 0.5) is 0 Å². The number of epoxide rings is 1. The molecule has 0 amide bonds. The van der Waals surface area contributed by atoms with Crippen LogP contribution in [-0.4, -0.2) is 65.3 Å². The van der Waals surface area contributed by atoms with Gasteiger partial charge in [-0.25, -0.2) is 4.79 Å². The number of hydrogen-bond donors (Lipinski definition) is 0. The number of Topliss-reactive ketones (excluding diaryl/α,β-unsaturated/α-hetero) is 1. The molecule has 0 N–H and O–H groups in total. The van der Waals surface area contributed by atoms with E-state index in [0.29, 0.717) is 11.1 Å². The van der Waals surface area contributed by atoms with Gasteiger partial charge in [0.05, 0.1) is 5.92 Å². The highest BCUT2D eigenvalue weighted by atomic mass is 16.7. The molecule has 0 radical (unpaired) electrons. The number of hydrogen-bond acceptors (Lipinski definition) is 10. The van der Waals surface area contributed by atoms with Gasteiger partial charge in [-0.05, 0) is 50.2 Å². The molecule has 1 unspecified atom stereocenters. The quantitative estimate of drug-likeness (QED) is 0.157. The maximum Gasteiger partial charge on any atom is 0.334 e. The molecule has 0 spiro atoms. The van der Waals surface area contributed by atoms with Crippen molar-refractivity contribution in [1.29, 1.82) is 0 Å². The molecule has 4 rings (SSSR count). The molecule has 0 bridgehead atoms. The summed E-state index contributed by atoms with van der Waals surface area (Å²) in [7, 11) is 0. The Bertz CT molecular complexity index is 1230. The Balaban J connectivity index is 1.95. The number of carbonyl (C=O) groups excluding carboxylic acids is 5. The van der Waals surface area contributed by atoms with Gasteiger partial charge in [-0.3, -0.25) is 19.2 Å². The van der Waals surface area contributed by atoms with Crippen LogP contribution in [0.2, 0.25) is 0 Å². The lowest BCUT2D eigenvalue weighted by molar-refractivity contribution is -0.165. The van der Waals surface area contributed by atoms with E-state index in [1.54, 1.807) is 39.8 Å². The molecule has 10 nitrogen and oxygen atoms in total. The van der Waals surface area contributed by atoms with Gasteiger partial charge in [-0.2, -0.15) is 0 Å². The van der Waals surface area contributed by atoms with E-state index >= 15 is 0 Å². The Hall–Kier alpha value is -3.01. The van der Waals surface area contributed by atoms with Crippen LogP contribution in [0.5, 0.6) is 0 Å². The number of ketones is 1. The van der Waals surface area contributed by atoms with Gasteiger partial charge >= 0.3 is 23.9 Å². The summed E-state index contributed by atoms with van der Waals surface area (Å²) in [5.74, 6) is -4.30. The van der Waals surface area contributed by atoms with Crippen LogP contribution in [0.25, 0.3) is 0 Å². The molecule has 10 atom stereocenters. The van der Waals surface area contributed by atoms with Crippen molar-refractivity contribution in [2.45, 2.75) is 111 Å². The monoisotopic (exact) mass is 574 g/mol. The first-order valence-electron chi connectivity index (χ1n) is 14.2. The first-order chi connectivity index (χ1) is 18.9. The molecular weight excluding hydrogens is 532 g/mol. The molecule has 0 aromatic rings. The lowest BCUT2D eigenvalue weighted by Crippen LogP contribution is -2.43. The second kappa shape index (κ2) is 10.4. The van der Waals surface area contributed by atoms with Gasteiger partial charge in [0.15, 0.2) is 23.1 Å². The van der Waals surface area contributed by atoms with Gasteiger partial charge in [0, 0.05) is 38.2 Å². The first-order valence-corrected chi connectivity index (χ1v) is 14.2. The van der Waals surface area contributed by atoms with Gasteiger partial charge in [0.25, 0.3) is 0 Å². The second-order valence-corrected chi connectivity index (χ2v) is 12.8. The first kappa shape index (κ1) is 30.9. The van der Waals surface area contributed by atoms with Crippen molar-refractivity contribution in [3.63, 3.8) is 0 Å². The van der Waals surface area contributed by atoms with Crippen molar-refractivity contribution in [3.05, 3.63) is 23.3 Å². The predicted octanol–water partition coefficient (Wildman–Crippen LogP) is 3.64. The topological polar surface area (TPSA) is 135 Å². The van der Waals surface area contributed by atoms with E-state index in [1.807, 2.05) is 20.8 Å². The van der Waals surface area contributed by atoms with E-state index in [2.05, 4.69) is 0 Å². The van der Waals surface area contributed by atoms with E-state index < -0.39 is 82.7 Å². The number of rotatable bonds is 5. The third kappa shape index (κ3) is 4.91. The highest BCUT2D eigenvalue weighted by molar-refractivity contribution is 5.96. The van der Waals surface area contributed by atoms with E-state index in [-0.39, 0.29) is 18.1 Å². The minimum absolute atomic E-state index is 0.233. The fraction of sp³-hybridized carbons (Fsp3) is 0.710. The number of fused-ring (bicyclic) bond motifs is 1. The van der Waals surface area contributed by atoms with Crippen molar-refractivity contribution in [1.82, 2.24) is 0 Å². The normalized spacial score (nSPS) is 42.1. The van der Waals surface area contributed by atoms with Crippen molar-refractivity contribution in [2.24, 2.45) is 29.1 Å². The maximum absolute atomic E-state index is 14.3. The Morgan fingerprint density at radius 2 is 1.44 bits per heavy atom. The Morgan fingerprint density at radius 1 is 0.902 bits per heavy atom. The second-order valence-electron chi connectivity index (χ2n) is 12.8. The van der Waals surface area contributed by atoms with Crippen molar-refractivity contribution in [3.8, 4) is 0 Å². The molecule has 1 aliphatic heterocycles. The largest absolute Gasteiger partial charge is 0.461 e. The van der Waals surface area contributed by atoms with Crippen LogP contribution in [0.1, 0.15) is 75.7 Å². The molecule has 2 saturated carbocycles. The van der Waals surface area contributed by atoms with E-state index in [9.17, 15) is 24.0 Å². The van der Waals surface area contributed by atoms with Gasteiger partial charge in [0.1, 0.15) is 18.3 Å². The molecule has 4 aliphatic rings. The summed E-state index contributed by atoms with van der Waals surface area (Å²) < 4.78 is 29.9. The number of ether oxygens (including phenoxy) is 5. The molecule has 226 valence electrons. The summed E-state index contributed by atoms with van der Waals surface area (Å²) in [4.78, 5) is 64.4. The summed E-state index contributed by atoms with van der Waals surface area (Å²) in [6.07, 6.45) is -0.0243. The van der Waals surface area contributed by atoms with Gasteiger partial charge in [-0.1, -0.05) is 33.8 Å². The summed E-state index contributed by atoms with van der Waals surface area (Å²) in [5, 5.41) is 0. The average molecular weight is 575 g/mol. The average Bonchev–Trinajstić information content (AvgIpc) is 3.66. The zero-order chi connectivity index (χ0) is 30.8. The van der Waals surface area contributed by atoms with Crippen LogP contribution >= 0.6 is 0 Å². The minimum atomic E-state index is -1.32. The zero-order valence-electron chi connectivity index (χ0n) is 25.6. The molecule has 10 heteroatoms. The fourth-order valence-electron chi connectivity index (χ4n) is 7.54. The smallest absolute Gasteiger partial charge is 0.334 e. The van der Waals surface area contributed by atoms with E-state index in [0.717, 1.165) is 0 Å².